The van der Waals surface area contributed by atoms with Crippen LogP contribution >= 0.6 is 40.3 Å². The van der Waals surface area contributed by atoms with E-state index in [1.54, 1.807) is 0 Å². The van der Waals surface area contributed by atoms with Crippen LogP contribution in [0.25, 0.3) is 0 Å². The highest BCUT2D eigenvalue weighted by Crippen LogP contribution is 2.35. The summed E-state index contributed by atoms with van der Waals surface area (Å²) in [5.41, 5.74) is 0.390. The number of halogens is 1. The van der Waals surface area contributed by atoms with Gasteiger partial charge in [0.15, 0.2) is 0 Å². The van der Waals surface area contributed by atoms with Crippen molar-refractivity contribution in [1.82, 2.24) is 0 Å². The zero-order valence-corrected chi connectivity index (χ0v) is 13.2. The third-order valence-electron chi connectivity index (χ3n) is 3.19. The van der Waals surface area contributed by atoms with Crippen LogP contribution < -0.4 is 0 Å². The van der Waals surface area contributed by atoms with Crippen molar-refractivity contribution in [2.45, 2.75) is 31.6 Å². The normalized spacial score (nSPS) is 11.8. The van der Waals surface area contributed by atoms with E-state index >= 15 is 0 Å². The van der Waals surface area contributed by atoms with E-state index in [2.05, 4.69) is 66.7 Å². The topological polar surface area (TPSA) is 0 Å². The van der Waals surface area contributed by atoms with Gasteiger partial charge in [-0.05, 0) is 48.3 Å². The minimum Gasteiger partial charge on any atom is -0.179 e. The van der Waals surface area contributed by atoms with Crippen molar-refractivity contribution in [2.75, 3.05) is 11.5 Å². The van der Waals surface area contributed by atoms with Crippen molar-refractivity contribution in [2.24, 2.45) is 5.41 Å². The molecule has 0 fully saturated rings. The lowest BCUT2D eigenvalue weighted by atomic mass is 9.87. The van der Waals surface area contributed by atoms with Crippen molar-refractivity contribution in [3.63, 3.8) is 0 Å². The van der Waals surface area contributed by atoms with E-state index in [9.17, 15) is 0 Å². The van der Waals surface area contributed by atoms with Gasteiger partial charge in [0.1, 0.15) is 0 Å². The summed E-state index contributed by atoms with van der Waals surface area (Å²) in [7, 11) is 0. The Kier molecular flexibility index (Phi) is 6.30. The van der Waals surface area contributed by atoms with E-state index in [1.165, 1.54) is 17.7 Å². The molecular weight excluding hydrogens is 300 g/mol. The third-order valence-corrected chi connectivity index (χ3v) is 5.76. The fraction of sp³-hybridized carbons (Fsp3) is 0.538. The van der Waals surface area contributed by atoms with Crippen LogP contribution in [0.15, 0.2) is 33.6 Å². The Morgan fingerprint density at radius 1 is 1.19 bits per heavy atom. The van der Waals surface area contributed by atoms with Gasteiger partial charge in [-0.3, -0.25) is 0 Å². The summed E-state index contributed by atoms with van der Waals surface area (Å²) in [4.78, 5) is 1.34. The van der Waals surface area contributed by atoms with E-state index in [0.29, 0.717) is 5.41 Å². The van der Waals surface area contributed by atoms with Gasteiger partial charge in [-0.2, -0.15) is 12.6 Å². The molecule has 0 nitrogen and oxygen atoms in total. The molecule has 0 atom stereocenters. The lowest BCUT2D eigenvalue weighted by Crippen LogP contribution is -2.24. The molecule has 0 unspecified atom stereocenters. The fourth-order valence-electron chi connectivity index (χ4n) is 1.49. The minimum absolute atomic E-state index is 0.390. The molecule has 0 radical (unpaired) electrons. The van der Waals surface area contributed by atoms with Crippen molar-refractivity contribution < 1.29 is 0 Å². The monoisotopic (exact) mass is 318 g/mol. The molecule has 0 spiro atoms. The van der Waals surface area contributed by atoms with Crippen molar-refractivity contribution in [3.8, 4) is 0 Å². The molecule has 0 amide bonds. The molecule has 16 heavy (non-hydrogen) atoms. The maximum Gasteiger partial charge on any atom is 0.0176 e. The fourth-order valence-corrected chi connectivity index (χ4v) is 3.78. The zero-order chi connectivity index (χ0) is 12.0. The average molecular weight is 319 g/mol. The Morgan fingerprint density at radius 2 is 1.75 bits per heavy atom. The summed E-state index contributed by atoms with van der Waals surface area (Å²) >= 11 is 9.90. The van der Waals surface area contributed by atoms with Gasteiger partial charge < -0.3 is 0 Å². The molecule has 0 N–H and O–H groups in total. The summed E-state index contributed by atoms with van der Waals surface area (Å²) in [5.74, 6) is 2.13. The SMILES string of the molecule is CCC(CC)(CS)CSc1ccc(Br)cc1. The standard InChI is InChI=1S/C13H19BrS2/c1-3-13(4-2,9-15)10-16-12-7-5-11(14)6-8-12/h5-8,15H,3-4,9-10H2,1-2H3. The van der Waals surface area contributed by atoms with Crippen LogP contribution in [-0.2, 0) is 0 Å². The second kappa shape index (κ2) is 6.97. The Bertz CT molecular complexity index is 296. The number of hydrogen-bond donors (Lipinski definition) is 1. The second-order valence-electron chi connectivity index (χ2n) is 4.11. The van der Waals surface area contributed by atoms with Crippen molar-refractivity contribution in [1.29, 1.82) is 0 Å². The molecule has 0 bridgehead atoms. The molecular formula is C13H19BrS2. The Morgan fingerprint density at radius 3 is 2.19 bits per heavy atom. The number of rotatable bonds is 6. The van der Waals surface area contributed by atoms with Gasteiger partial charge in [-0.15, -0.1) is 11.8 Å². The van der Waals surface area contributed by atoms with Gasteiger partial charge in [0.2, 0.25) is 0 Å². The van der Waals surface area contributed by atoms with E-state index in [1.807, 2.05) is 11.8 Å². The number of benzene rings is 1. The molecule has 1 aromatic carbocycles. The zero-order valence-electron chi connectivity index (χ0n) is 9.87. The maximum atomic E-state index is 4.50. The Balaban J connectivity index is 2.58. The third kappa shape index (κ3) is 4.01. The summed E-state index contributed by atoms with van der Waals surface area (Å²) in [6.07, 6.45) is 2.41. The molecule has 0 saturated heterocycles. The molecule has 0 aromatic heterocycles. The highest BCUT2D eigenvalue weighted by atomic mass is 79.9. The minimum atomic E-state index is 0.390. The summed E-state index contributed by atoms with van der Waals surface area (Å²) in [5, 5.41) is 0. The molecule has 1 aromatic rings. The van der Waals surface area contributed by atoms with Crippen LogP contribution in [0.3, 0.4) is 0 Å². The van der Waals surface area contributed by atoms with Crippen molar-refractivity contribution >= 4 is 40.3 Å². The van der Waals surface area contributed by atoms with Crippen LogP contribution in [-0.4, -0.2) is 11.5 Å². The smallest absolute Gasteiger partial charge is 0.0176 e. The molecule has 90 valence electrons. The highest BCUT2D eigenvalue weighted by Gasteiger charge is 2.24. The van der Waals surface area contributed by atoms with Gasteiger partial charge in [-0.1, -0.05) is 29.8 Å². The maximum absolute atomic E-state index is 4.50. The Labute approximate surface area is 117 Å². The number of thioether (sulfide) groups is 1. The predicted octanol–water partition coefficient (Wildman–Crippen LogP) is 5.28. The quantitative estimate of drug-likeness (QED) is 0.550. The molecule has 0 aliphatic heterocycles. The average Bonchev–Trinajstić information content (AvgIpc) is 2.34. The number of hydrogen-bond acceptors (Lipinski definition) is 2. The second-order valence-corrected chi connectivity index (χ2v) is 6.39. The molecule has 3 heteroatoms. The number of thiol groups is 1. The van der Waals surface area contributed by atoms with Crippen LogP contribution in [0.1, 0.15) is 26.7 Å². The molecule has 0 aliphatic carbocycles. The first-order chi connectivity index (χ1) is 7.65. The van der Waals surface area contributed by atoms with Crippen LogP contribution in [0.5, 0.6) is 0 Å². The highest BCUT2D eigenvalue weighted by molar-refractivity contribution is 9.10. The van der Waals surface area contributed by atoms with Gasteiger partial charge in [-0.25, -0.2) is 0 Å². The lowest BCUT2D eigenvalue weighted by Gasteiger charge is -2.29. The summed E-state index contributed by atoms with van der Waals surface area (Å²) in [6.45, 7) is 4.53. The van der Waals surface area contributed by atoms with Gasteiger partial charge >= 0.3 is 0 Å². The lowest BCUT2D eigenvalue weighted by molar-refractivity contribution is 0.357. The largest absolute Gasteiger partial charge is 0.179 e. The summed E-state index contributed by atoms with van der Waals surface area (Å²) in [6, 6.07) is 8.54. The first-order valence-corrected chi connectivity index (χ1v) is 8.06. The van der Waals surface area contributed by atoms with E-state index in [4.69, 9.17) is 0 Å². The molecule has 0 saturated carbocycles. The predicted molar refractivity (Wildman–Crippen MR) is 81.7 cm³/mol. The molecule has 0 heterocycles. The first kappa shape index (κ1) is 14.5. The van der Waals surface area contributed by atoms with Crippen LogP contribution in [0.2, 0.25) is 0 Å². The van der Waals surface area contributed by atoms with E-state index < -0.39 is 0 Å². The summed E-state index contributed by atoms with van der Waals surface area (Å²) < 4.78 is 1.14. The van der Waals surface area contributed by atoms with Crippen LogP contribution in [0, 0.1) is 5.41 Å². The van der Waals surface area contributed by atoms with Gasteiger partial charge in [0, 0.05) is 15.1 Å². The molecule has 0 aliphatic rings. The van der Waals surface area contributed by atoms with Gasteiger partial charge in [0.05, 0.1) is 0 Å². The first-order valence-electron chi connectivity index (χ1n) is 5.65. The van der Waals surface area contributed by atoms with Crippen LogP contribution in [0.4, 0.5) is 0 Å². The van der Waals surface area contributed by atoms with Crippen molar-refractivity contribution in [3.05, 3.63) is 28.7 Å². The molecule has 1 rings (SSSR count). The van der Waals surface area contributed by atoms with E-state index in [0.717, 1.165) is 16.0 Å². The van der Waals surface area contributed by atoms with Gasteiger partial charge in [0.25, 0.3) is 0 Å². The Hall–Kier alpha value is 0.400. The van der Waals surface area contributed by atoms with E-state index in [-0.39, 0.29) is 0 Å².